The number of thioether (sulfide) groups is 1. The summed E-state index contributed by atoms with van der Waals surface area (Å²) in [5.41, 5.74) is 2.41. The molecule has 28 heavy (non-hydrogen) atoms. The van der Waals surface area contributed by atoms with Gasteiger partial charge in [0, 0.05) is 16.7 Å². The van der Waals surface area contributed by atoms with E-state index < -0.39 is 0 Å². The first-order valence-corrected chi connectivity index (χ1v) is 10.5. The van der Waals surface area contributed by atoms with Crippen molar-refractivity contribution in [2.24, 2.45) is 0 Å². The number of carbonyl (C=O) groups is 1. The van der Waals surface area contributed by atoms with Gasteiger partial charge in [-0.2, -0.15) is 0 Å². The molecule has 3 rings (SSSR count). The van der Waals surface area contributed by atoms with Crippen molar-refractivity contribution in [1.82, 2.24) is 0 Å². The summed E-state index contributed by atoms with van der Waals surface area (Å²) in [4.78, 5) is 15.0. The zero-order valence-corrected chi connectivity index (χ0v) is 18.2. The maximum absolute atomic E-state index is 13.0. The van der Waals surface area contributed by atoms with Crippen LogP contribution in [0.25, 0.3) is 6.08 Å². The van der Waals surface area contributed by atoms with E-state index in [0.717, 1.165) is 16.9 Å². The van der Waals surface area contributed by atoms with Crippen molar-refractivity contribution in [3.8, 4) is 11.5 Å². The number of anilines is 1. The van der Waals surface area contributed by atoms with Crippen LogP contribution in [0.5, 0.6) is 11.5 Å². The van der Waals surface area contributed by atoms with Crippen LogP contribution in [0.15, 0.2) is 41.3 Å². The van der Waals surface area contributed by atoms with Gasteiger partial charge in [-0.3, -0.25) is 9.69 Å². The molecule has 2 aromatic rings. The summed E-state index contributed by atoms with van der Waals surface area (Å²) >= 11 is 12.9. The Hall–Kier alpha value is -2.02. The predicted molar refractivity (Wildman–Crippen MR) is 121 cm³/mol. The van der Waals surface area contributed by atoms with E-state index in [1.54, 1.807) is 12.1 Å². The number of aryl methyl sites for hydroxylation is 1. The van der Waals surface area contributed by atoms with Crippen LogP contribution in [0.4, 0.5) is 5.69 Å². The molecule has 0 atom stereocenters. The Bertz CT molecular complexity index is 959. The van der Waals surface area contributed by atoms with Crippen molar-refractivity contribution >= 4 is 57.6 Å². The Kier molecular flexibility index (Phi) is 6.65. The van der Waals surface area contributed by atoms with Crippen LogP contribution < -0.4 is 14.4 Å². The lowest BCUT2D eigenvalue weighted by Crippen LogP contribution is -2.27. The van der Waals surface area contributed by atoms with E-state index in [1.807, 2.05) is 51.1 Å². The van der Waals surface area contributed by atoms with Gasteiger partial charge >= 0.3 is 0 Å². The lowest BCUT2D eigenvalue weighted by Gasteiger charge is -2.15. The van der Waals surface area contributed by atoms with E-state index >= 15 is 0 Å². The molecule has 0 N–H and O–H groups in total. The first-order valence-electron chi connectivity index (χ1n) is 8.88. The Balaban J connectivity index is 1.94. The van der Waals surface area contributed by atoms with Gasteiger partial charge in [0.2, 0.25) is 0 Å². The molecule has 1 saturated heterocycles. The zero-order valence-electron chi connectivity index (χ0n) is 15.8. The van der Waals surface area contributed by atoms with Crippen molar-refractivity contribution in [2.75, 3.05) is 18.1 Å². The number of benzene rings is 2. The third kappa shape index (κ3) is 4.35. The summed E-state index contributed by atoms with van der Waals surface area (Å²) in [5.74, 6) is 1.22. The van der Waals surface area contributed by atoms with Gasteiger partial charge in [0.15, 0.2) is 4.32 Å². The molecule has 0 radical (unpaired) electrons. The quantitative estimate of drug-likeness (QED) is 0.422. The molecule has 1 aliphatic rings. The second-order valence-electron chi connectivity index (χ2n) is 6.02. The molecular formula is C21H20ClNO3S2. The lowest BCUT2D eigenvalue weighted by molar-refractivity contribution is -0.113. The highest BCUT2D eigenvalue weighted by Gasteiger charge is 2.33. The van der Waals surface area contributed by atoms with Crippen molar-refractivity contribution in [1.29, 1.82) is 0 Å². The van der Waals surface area contributed by atoms with E-state index in [4.69, 9.17) is 33.3 Å². The molecule has 4 nitrogen and oxygen atoms in total. The molecule has 1 amide bonds. The normalized spacial score (nSPS) is 15.4. The maximum atomic E-state index is 13.0. The summed E-state index contributed by atoms with van der Waals surface area (Å²) in [6.07, 6.45) is 1.80. The summed E-state index contributed by atoms with van der Waals surface area (Å²) in [5, 5.41) is 0.598. The molecular weight excluding hydrogens is 414 g/mol. The first kappa shape index (κ1) is 20.7. The van der Waals surface area contributed by atoms with E-state index in [0.29, 0.717) is 38.9 Å². The minimum Gasteiger partial charge on any atom is -0.494 e. The van der Waals surface area contributed by atoms with Gasteiger partial charge < -0.3 is 9.47 Å². The molecule has 1 heterocycles. The zero-order chi connectivity index (χ0) is 20.3. The third-order valence-corrected chi connectivity index (χ3v) is 5.80. The van der Waals surface area contributed by atoms with Gasteiger partial charge in [0.25, 0.3) is 5.91 Å². The average Bonchev–Trinajstić information content (AvgIpc) is 2.93. The van der Waals surface area contributed by atoms with Gasteiger partial charge in [-0.25, -0.2) is 0 Å². The number of rotatable bonds is 6. The highest BCUT2D eigenvalue weighted by molar-refractivity contribution is 8.27. The second kappa shape index (κ2) is 8.99. The molecule has 0 aliphatic carbocycles. The molecule has 1 aliphatic heterocycles. The molecule has 2 aromatic carbocycles. The number of carbonyl (C=O) groups excluding carboxylic acids is 1. The summed E-state index contributed by atoms with van der Waals surface area (Å²) in [6.45, 7) is 6.84. The molecule has 0 saturated carbocycles. The second-order valence-corrected chi connectivity index (χ2v) is 8.10. The first-order chi connectivity index (χ1) is 13.4. The van der Waals surface area contributed by atoms with E-state index in [2.05, 4.69) is 0 Å². The van der Waals surface area contributed by atoms with Crippen LogP contribution in [-0.2, 0) is 4.79 Å². The van der Waals surface area contributed by atoms with Gasteiger partial charge in [-0.15, -0.1) is 0 Å². The molecule has 0 aromatic heterocycles. The van der Waals surface area contributed by atoms with Crippen LogP contribution >= 0.6 is 35.6 Å². The van der Waals surface area contributed by atoms with Crippen LogP contribution in [-0.4, -0.2) is 23.4 Å². The Morgan fingerprint density at radius 1 is 1.14 bits per heavy atom. The van der Waals surface area contributed by atoms with Gasteiger partial charge in [0.05, 0.1) is 23.8 Å². The SMILES string of the molecule is CCOc1ccc(C=C2SC(=S)N(c3ccc(C)c(Cl)c3)C2=O)c(OCC)c1. The fourth-order valence-electron chi connectivity index (χ4n) is 2.72. The van der Waals surface area contributed by atoms with E-state index in [-0.39, 0.29) is 5.91 Å². The number of nitrogens with zero attached hydrogens (tertiary/aromatic N) is 1. The minimum absolute atomic E-state index is 0.175. The number of ether oxygens (including phenoxy) is 2. The fraction of sp³-hybridized carbons (Fsp3) is 0.238. The van der Waals surface area contributed by atoms with Crippen LogP contribution in [0.2, 0.25) is 5.02 Å². The summed E-state index contributed by atoms with van der Waals surface area (Å²) < 4.78 is 11.7. The third-order valence-electron chi connectivity index (χ3n) is 4.09. The molecule has 146 valence electrons. The standard InChI is InChI=1S/C21H20ClNO3S2/c1-4-25-16-9-7-14(18(12-16)26-5-2)10-19-20(24)23(21(27)28-19)15-8-6-13(3)17(22)11-15/h6-12H,4-5H2,1-3H3. The predicted octanol–water partition coefficient (Wildman–Crippen LogP) is 5.85. The van der Waals surface area contributed by atoms with Crippen LogP contribution in [0.3, 0.4) is 0 Å². The number of hydrogen-bond acceptors (Lipinski definition) is 5. The molecule has 0 bridgehead atoms. The Morgan fingerprint density at radius 2 is 1.89 bits per heavy atom. The monoisotopic (exact) mass is 433 g/mol. The molecule has 1 fully saturated rings. The van der Waals surface area contributed by atoms with Gasteiger partial charge in [-0.1, -0.05) is 41.6 Å². The average molecular weight is 434 g/mol. The smallest absolute Gasteiger partial charge is 0.270 e. The van der Waals surface area contributed by atoms with Gasteiger partial charge in [-0.05, 0) is 56.7 Å². The van der Waals surface area contributed by atoms with E-state index in [9.17, 15) is 4.79 Å². The lowest BCUT2D eigenvalue weighted by atomic mass is 10.1. The summed E-state index contributed by atoms with van der Waals surface area (Å²) in [7, 11) is 0. The minimum atomic E-state index is -0.175. The van der Waals surface area contributed by atoms with Crippen molar-refractivity contribution in [3.63, 3.8) is 0 Å². The maximum Gasteiger partial charge on any atom is 0.270 e. The molecule has 7 heteroatoms. The highest BCUT2D eigenvalue weighted by atomic mass is 35.5. The van der Waals surface area contributed by atoms with Crippen molar-refractivity contribution in [2.45, 2.75) is 20.8 Å². The fourth-order valence-corrected chi connectivity index (χ4v) is 4.19. The Morgan fingerprint density at radius 3 is 2.57 bits per heavy atom. The van der Waals surface area contributed by atoms with Gasteiger partial charge in [0.1, 0.15) is 11.5 Å². The van der Waals surface area contributed by atoms with Crippen LogP contribution in [0.1, 0.15) is 25.0 Å². The number of halogens is 1. The summed E-state index contributed by atoms with van der Waals surface area (Å²) in [6, 6.07) is 11.0. The molecule has 0 spiro atoms. The van der Waals surface area contributed by atoms with Crippen molar-refractivity contribution < 1.29 is 14.3 Å². The van der Waals surface area contributed by atoms with Crippen LogP contribution in [0, 0.1) is 6.92 Å². The number of amides is 1. The molecule has 0 unspecified atom stereocenters. The van der Waals surface area contributed by atoms with Crippen molar-refractivity contribution in [3.05, 3.63) is 57.5 Å². The largest absolute Gasteiger partial charge is 0.494 e. The Labute approximate surface area is 179 Å². The topological polar surface area (TPSA) is 38.8 Å². The van der Waals surface area contributed by atoms with E-state index in [1.165, 1.54) is 16.7 Å². The number of hydrogen-bond donors (Lipinski definition) is 0. The number of thiocarbonyl (C=S) groups is 1. The highest BCUT2D eigenvalue weighted by Crippen LogP contribution is 2.38.